The minimum absolute atomic E-state index is 0.0459. The van der Waals surface area contributed by atoms with Crippen LogP contribution in [0, 0.1) is 5.92 Å². The van der Waals surface area contributed by atoms with Crippen molar-refractivity contribution >= 4 is 28.3 Å². The summed E-state index contributed by atoms with van der Waals surface area (Å²) in [7, 11) is 0. The van der Waals surface area contributed by atoms with Crippen molar-refractivity contribution < 1.29 is 14.3 Å². The van der Waals surface area contributed by atoms with Crippen LogP contribution in [-0.2, 0) is 27.3 Å². The second-order valence-corrected chi connectivity index (χ2v) is 9.39. The second-order valence-electron chi connectivity index (χ2n) is 8.54. The van der Waals surface area contributed by atoms with Crippen LogP contribution in [0.1, 0.15) is 39.0 Å². The molecule has 1 aliphatic rings. The Kier molecular flexibility index (Phi) is 8.17. The lowest BCUT2D eigenvalue weighted by Gasteiger charge is -2.34. The molecular weight excluding hydrogens is 412 g/mol. The van der Waals surface area contributed by atoms with Gasteiger partial charge in [-0.25, -0.2) is 4.98 Å². The zero-order valence-electron chi connectivity index (χ0n) is 18.6. The molecule has 1 aromatic heterocycles. The molecule has 7 nitrogen and oxygen atoms in total. The fraction of sp³-hybridized carbons (Fsp3) is 0.522. The molecule has 0 aliphatic carbocycles. The molecule has 0 unspecified atom stereocenters. The number of rotatable bonds is 8. The smallest absolute Gasteiger partial charge is 0.248 e. The van der Waals surface area contributed by atoms with Crippen molar-refractivity contribution in [3.05, 3.63) is 47.0 Å². The van der Waals surface area contributed by atoms with Gasteiger partial charge in [-0.3, -0.25) is 14.5 Å². The molecule has 8 heteroatoms. The third-order valence-corrected chi connectivity index (χ3v) is 5.94. The van der Waals surface area contributed by atoms with Gasteiger partial charge in [-0.1, -0.05) is 44.2 Å². The van der Waals surface area contributed by atoms with Crippen molar-refractivity contribution in [1.82, 2.24) is 15.2 Å². The fourth-order valence-electron chi connectivity index (χ4n) is 3.80. The molecule has 0 spiro atoms. The van der Waals surface area contributed by atoms with Gasteiger partial charge in [-0.05, 0) is 25.3 Å². The van der Waals surface area contributed by atoms with E-state index in [0.717, 1.165) is 30.9 Å². The summed E-state index contributed by atoms with van der Waals surface area (Å²) in [6.07, 6.45) is 0.649. The van der Waals surface area contributed by atoms with Gasteiger partial charge in [0, 0.05) is 25.0 Å². The van der Waals surface area contributed by atoms with Gasteiger partial charge in [-0.2, -0.15) is 0 Å². The van der Waals surface area contributed by atoms with Crippen LogP contribution in [0.25, 0.3) is 0 Å². The first-order valence-electron chi connectivity index (χ1n) is 10.8. The van der Waals surface area contributed by atoms with Gasteiger partial charge in [0.1, 0.15) is 6.04 Å². The molecule has 2 N–H and O–H groups in total. The summed E-state index contributed by atoms with van der Waals surface area (Å²) in [5, 5.41) is 8.27. The standard InChI is InChI=1S/C23H32N4O3S/c1-15(2)21(25-20(28)10-18-8-6-5-7-9-18)22(29)26-23-24-19(14-31-23)13-27-11-16(3)30-17(4)12-27/h5-9,14-17,21H,10-13H2,1-4H3,(H,25,28)(H,24,26,29)/t16-,17-,21+/m1/s1. The summed E-state index contributed by atoms with van der Waals surface area (Å²) >= 11 is 1.41. The first-order valence-corrected chi connectivity index (χ1v) is 11.6. The van der Waals surface area contributed by atoms with Crippen molar-refractivity contribution in [2.75, 3.05) is 18.4 Å². The van der Waals surface area contributed by atoms with Gasteiger partial charge in [0.25, 0.3) is 0 Å². The summed E-state index contributed by atoms with van der Waals surface area (Å²) < 4.78 is 5.78. The number of nitrogens with zero attached hydrogens (tertiary/aromatic N) is 2. The minimum Gasteiger partial charge on any atom is -0.373 e. The quantitative estimate of drug-likeness (QED) is 0.654. The maximum Gasteiger partial charge on any atom is 0.248 e. The number of nitrogens with one attached hydrogen (secondary N) is 2. The molecule has 3 rings (SSSR count). The van der Waals surface area contributed by atoms with E-state index in [1.54, 1.807) is 0 Å². The van der Waals surface area contributed by atoms with Crippen LogP contribution in [0.15, 0.2) is 35.7 Å². The second kappa shape index (κ2) is 10.8. The zero-order chi connectivity index (χ0) is 22.4. The highest BCUT2D eigenvalue weighted by Crippen LogP contribution is 2.20. The van der Waals surface area contributed by atoms with E-state index in [4.69, 9.17) is 4.74 Å². The normalized spacial score (nSPS) is 20.4. The number of anilines is 1. The Morgan fingerprint density at radius 2 is 1.87 bits per heavy atom. The molecule has 1 aliphatic heterocycles. The Bertz CT molecular complexity index is 861. The van der Waals surface area contributed by atoms with E-state index in [1.165, 1.54) is 11.3 Å². The first kappa shape index (κ1) is 23.4. The van der Waals surface area contributed by atoms with E-state index in [0.29, 0.717) is 5.13 Å². The Labute approximate surface area is 188 Å². The molecule has 168 valence electrons. The maximum absolute atomic E-state index is 12.8. The van der Waals surface area contributed by atoms with Crippen molar-refractivity contribution in [1.29, 1.82) is 0 Å². The Morgan fingerprint density at radius 3 is 2.52 bits per heavy atom. The monoisotopic (exact) mass is 444 g/mol. The molecule has 3 atom stereocenters. The number of hydrogen-bond donors (Lipinski definition) is 2. The molecule has 2 heterocycles. The number of hydrogen-bond acceptors (Lipinski definition) is 6. The van der Waals surface area contributed by atoms with Gasteiger partial charge in [0.05, 0.1) is 24.3 Å². The molecular formula is C23H32N4O3S. The summed E-state index contributed by atoms with van der Waals surface area (Å²) in [5.41, 5.74) is 1.84. The van der Waals surface area contributed by atoms with E-state index in [9.17, 15) is 9.59 Å². The predicted molar refractivity (Wildman–Crippen MR) is 123 cm³/mol. The molecule has 1 saturated heterocycles. The zero-order valence-corrected chi connectivity index (χ0v) is 19.4. The van der Waals surface area contributed by atoms with Crippen molar-refractivity contribution in [2.24, 2.45) is 5.92 Å². The third kappa shape index (κ3) is 7.12. The summed E-state index contributed by atoms with van der Waals surface area (Å²) in [5.74, 6) is -0.461. The number of amides is 2. The van der Waals surface area contributed by atoms with E-state index in [2.05, 4.69) is 34.4 Å². The van der Waals surface area contributed by atoms with Crippen LogP contribution < -0.4 is 10.6 Å². The Morgan fingerprint density at radius 1 is 1.19 bits per heavy atom. The number of thiazole rings is 1. The summed E-state index contributed by atoms with van der Waals surface area (Å²) in [4.78, 5) is 32.2. The van der Waals surface area contributed by atoms with Crippen LogP contribution in [0.2, 0.25) is 0 Å². The summed E-state index contributed by atoms with van der Waals surface area (Å²) in [6.45, 7) is 10.5. The van der Waals surface area contributed by atoms with Crippen molar-refractivity contribution in [3.63, 3.8) is 0 Å². The summed E-state index contributed by atoms with van der Waals surface area (Å²) in [6, 6.07) is 8.88. The van der Waals surface area contributed by atoms with Gasteiger partial charge < -0.3 is 15.4 Å². The number of ether oxygens (including phenoxy) is 1. The van der Waals surface area contributed by atoms with E-state index in [-0.39, 0.29) is 36.4 Å². The first-order chi connectivity index (χ1) is 14.8. The van der Waals surface area contributed by atoms with Crippen LogP contribution in [0.5, 0.6) is 0 Å². The van der Waals surface area contributed by atoms with Crippen LogP contribution in [-0.4, -0.2) is 53.0 Å². The van der Waals surface area contributed by atoms with Gasteiger partial charge >= 0.3 is 0 Å². The van der Waals surface area contributed by atoms with Gasteiger partial charge in [0.2, 0.25) is 11.8 Å². The highest BCUT2D eigenvalue weighted by Gasteiger charge is 2.26. The predicted octanol–water partition coefficient (Wildman–Crippen LogP) is 3.07. The lowest BCUT2D eigenvalue weighted by Crippen LogP contribution is -2.47. The van der Waals surface area contributed by atoms with Crippen LogP contribution >= 0.6 is 11.3 Å². The van der Waals surface area contributed by atoms with E-state index in [1.807, 2.05) is 49.6 Å². The third-order valence-electron chi connectivity index (χ3n) is 5.14. The number of benzene rings is 1. The minimum atomic E-state index is -0.621. The molecule has 2 aromatic rings. The SMILES string of the molecule is CC(C)[C@H](NC(=O)Cc1ccccc1)C(=O)Nc1nc(CN2C[C@@H](C)O[C@H](C)C2)cs1. The van der Waals surface area contributed by atoms with Crippen molar-refractivity contribution in [3.8, 4) is 0 Å². The van der Waals surface area contributed by atoms with E-state index >= 15 is 0 Å². The molecule has 0 saturated carbocycles. The lowest BCUT2D eigenvalue weighted by atomic mass is 10.0. The molecule has 0 bridgehead atoms. The molecule has 1 aromatic carbocycles. The maximum atomic E-state index is 12.8. The highest BCUT2D eigenvalue weighted by molar-refractivity contribution is 7.13. The largest absolute Gasteiger partial charge is 0.373 e. The number of carbonyl (C=O) groups excluding carboxylic acids is 2. The Balaban J connectivity index is 1.55. The topological polar surface area (TPSA) is 83.6 Å². The average molecular weight is 445 g/mol. The van der Waals surface area contributed by atoms with Crippen molar-refractivity contribution in [2.45, 2.75) is 58.9 Å². The average Bonchev–Trinajstić information content (AvgIpc) is 3.12. The lowest BCUT2D eigenvalue weighted by molar-refractivity contribution is -0.127. The fourth-order valence-corrected chi connectivity index (χ4v) is 4.51. The molecule has 31 heavy (non-hydrogen) atoms. The molecule has 0 radical (unpaired) electrons. The molecule has 2 amide bonds. The number of aromatic nitrogens is 1. The number of carbonyl (C=O) groups is 2. The molecule has 1 fully saturated rings. The van der Waals surface area contributed by atoms with Gasteiger partial charge in [0.15, 0.2) is 5.13 Å². The number of morpholine rings is 1. The van der Waals surface area contributed by atoms with Crippen LogP contribution in [0.3, 0.4) is 0 Å². The Hall–Kier alpha value is -2.29. The van der Waals surface area contributed by atoms with Crippen LogP contribution in [0.4, 0.5) is 5.13 Å². The van der Waals surface area contributed by atoms with E-state index < -0.39 is 6.04 Å². The van der Waals surface area contributed by atoms with Gasteiger partial charge in [-0.15, -0.1) is 11.3 Å². The highest BCUT2D eigenvalue weighted by atomic mass is 32.1.